The molecule has 1 aromatic carbocycles. The summed E-state index contributed by atoms with van der Waals surface area (Å²) in [4.78, 5) is 1.62. The zero-order valence-electron chi connectivity index (χ0n) is 13.1. The van der Waals surface area contributed by atoms with E-state index in [4.69, 9.17) is 21.1 Å². The molecule has 5 nitrogen and oxygen atoms in total. The van der Waals surface area contributed by atoms with E-state index in [1.165, 1.54) is 20.3 Å². The lowest BCUT2D eigenvalue weighted by Crippen LogP contribution is -2.51. The standard InChI is InChI=1S/C15H21ClF2N2O3/c1-22-11-4-3-10(12(16)13(11)23-2)14(15(17,18)9-21)20-7-5-19-6-8-20/h3-4,14,19,21H,5-9H2,1-2H3/t14-/m0/s1. The van der Waals surface area contributed by atoms with Gasteiger partial charge in [0.15, 0.2) is 11.5 Å². The van der Waals surface area contributed by atoms with Crippen molar-refractivity contribution in [3.8, 4) is 11.5 Å². The van der Waals surface area contributed by atoms with Crippen molar-refractivity contribution in [1.82, 2.24) is 10.2 Å². The first-order chi connectivity index (χ1) is 11.0. The molecule has 0 saturated carbocycles. The van der Waals surface area contributed by atoms with Gasteiger partial charge in [-0.3, -0.25) is 4.90 Å². The van der Waals surface area contributed by atoms with Crippen molar-refractivity contribution < 1.29 is 23.4 Å². The van der Waals surface area contributed by atoms with Crippen molar-refractivity contribution in [1.29, 1.82) is 0 Å². The van der Waals surface area contributed by atoms with Crippen LogP contribution in [-0.2, 0) is 0 Å². The molecular weight excluding hydrogens is 330 g/mol. The summed E-state index contributed by atoms with van der Waals surface area (Å²) in [5.74, 6) is -2.76. The largest absolute Gasteiger partial charge is 0.493 e. The molecule has 8 heteroatoms. The average Bonchev–Trinajstić information content (AvgIpc) is 2.57. The van der Waals surface area contributed by atoms with Crippen LogP contribution < -0.4 is 14.8 Å². The summed E-state index contributed by atoms with van der Waals surface area (Å²) in [6, 6.07) is 1.71. The van der Waals surface area contributed by atoms with E-state index in [1.54, 1.807) is 11.0 Å². The lowest BCUT2D eigenvalue weighted by Gasteiger charge is -2.39. The second-order valence-corrected chi connectivity index (χ2v) is 5.69. The maximum Gasteiger partial charge on any atom is 0.289 e. The molecule has 0 spiro atoms. The number of halogens is 3. The van der Waals surface area contributed by atoms with Crippen molar-refractivity contribution in [2.45, 2.75) is 12.0 Å². The van der Waals surface area contributed by atoms with Crippen LogP contribution in [0.1, 0.15) is 11.6 Å². The van der Waals surface area contributed by atoms with Gasteiger partial charge in [-0.2, -0.15) is 0 Å². The first kappa shape index (κ1) is 18.2. The van der Waals surface area contributed by atoms with Gasteiger partial charge in [0.2, 0.25) is 0 Å². The van der Waals surface area contributed by atoms with Gasteiger partial charge in [0.1, 0.15) is 12.6 Å². The Balaban J connectivity index is 2.51. The molecule has 1 atom stereocenters. The zero-order valence-corrected chi connectivity index (χ0v) is 13.9. The Morgan fingerprint density at radius 2 is 1.96 bits per heavy atom. The first-order valence-corrected chi connectivity index (χ1v) is 7.68. The van der Waals surface area contributed by atoms with Crippen LogP contribution in [0.25, 0.3) is 0 Å². The zero-order chi connectivity index (χ0) is 17.0. The van der Waals surface area contributed by atoms with E-state index in [-0.39, 0.29) is 16.3 Å². The van der Waals surface area contributed by atoms with Crippen LogP contribution in [0.2, 0.25) is 5.02 Å². The molecule has 0 bridgehead atoms. The van der Waals surface area contributed by atoms with Crippen LogP contribution in [0.4, 0.5) is 8.78 Å². The molecule has 2 rings (SSSR count). The third kappa shape index (κ3) is 3.68. The molecule has 23 heavy (non-hydrogen) atoms. The number of methoxy groups -OCH3 is 2. The number of benzene rings is 1. The van der Waals surface area contributed by atoms with E-state index < -0.39 is 18.6 Å². The minimum absolute atomic E-state index is 0.0727. The molecule has 0 aliphatic carbocycles. The Hall–Kier alpha value is -1.15. The lowest BCUT2D eigenvalue weighted by molar-refractivity contribution is -0.118. The van der Waals surface area contributed by atoms with E-state index in [0.717, 1.165) is 0 Å². The van der Waals surface area contributed by atoms with Gasteiger partial charge in [-0.05, 0) is 11.6 Å². The molecule has 1 saturated heterocycles. The van der Waals surface area contributed by atoms with Crippen molar-refractivity contribution >= 4 is 11.6 Å². The van der Waals surface area contributed by atoms with Gasteiger partial charge in [-0.15, -0.1) is 0 Å². The molecule has 0 amide bonds. The summed E-state index contributed by atoms with van der Waals surface area (Å²) in [6.07, 6.45) is 0. The van der Waals surface area contributed by atoms with E-state index in [2.05, 4.69) is 5.32 Å². The highest BCUT2D eigenvalue weighted by molar-refractivity contribution is 6.33. The smallest absolute Gasteiger partial charge is 0.289 e. The van der Waals surface area contributed by atoms with Gasteiger partial charge >= 0.3 is 0 Å². The fourth-order valence-corrected chi connectivity index (χ4v) is 3.17. The summed E-state index contributed by atoms with van der Waals surface area (Å²) in [6.45, 7) is 0.813. The maximum atomic E-state index is 14.4. The lowest BCUT2D eigenvalue weighted by atomic mass is 9.97. The SMILES string of the molecule is COc1ccc([C@H](N2CCNCC2)C(F)(F)CO)c(Cl)c1OC. The Morgan fingerprint density at radius 1 is 1.30 bits per heavy atom. The predicted molar refractivity (Wildman–Crippen MR) is 83.8 cm³/mol. The Morgan fingerprint density at radius 3 is 2.48 bits per heavy atom. The van der Waals surface area contributed by atoms with E-state index in [9.17, 15) is 13.9 Å². The third-order valence-corrected chi connectivity index (χ3v) is 4.33. The summed E-state index contributed by atoms with van der Waals surface area (Å²) >= 11 is 6.31. The Bertz CT molecular complexity index is 540. The number of ether oxygens (including phenoxy) is 2. The monoisotopic (exact) mass is 350 g/mol. The molecule has 1 aliphatic rings. The van der Waals surface area contributed by atoms with Gasteiger partial charge in [0.05, 0.1) is 19.2 Å². The van der Waals surface area contributed by atoms with Gasteiger partial charge in [0, 0.05) is 26.2 Å². The Labute approximate surface area is 139 Å². The normalized spacial score (nSPS) is 17.8. The minimum Gasteiger partial charge on any atom is -0.493 e. The molecule has 130 valence electrons. The van der Waals surface area contributed by atoms with E-state index in [1.807, 2.05) is 0 Å². The second-order valence-electron chi connectivity index (χ2n) is 5.31. The first-order valence-electron chi connectivity index (χ1n) is 7.30. The van der Waals surface area contributed by atoms with E-state index >= 15 is 0 Å². The van der Waals surface area contributed by atoms with Crippen LogP contribution >= 0.6 is 11.6 Å². The van der Waals surface area contributed by atoms with Gasteiger partial charge < -0.3 is 19.9 Å². The molecule has 1 fully saturated rings. The van der Waals surface area contributed by atoms with Crippen molar-refractivity contribution in [3.05, 3.63) is 22.7 Å². The maximum absolute atomic E-state index is 14.4. The highest BCUT2D eigenvalue weighted by Crippen LogP contribution is 2.45. The minimum atomic E-state index is -3.33. The van der Waals surface area contributed by atoms with Crippen molar-refractivity contribution in [3.63, 3.8) is 0 Å². The Kier molecular flexibility index (Phi) is 6.02. The number of aliphatic hydroxyl groups is 1. The van der Waals surface area contributed by atoms with E-state index in [0.29, 0.717) is 31.9 Å². The van der Waals surface area contributed by atoms with Crippen molar-refractivity contribution in [2.24, 2.45) is 0 Å². The van der Waals surface area contributed by atoms with Gasteiger partial charge in [-0.1, -0.05) is 17.7 Å². The summed E-state index contributed by atoms with van der Waals surface area (Å²) < 4.78 is 39.2. The number of rotatable bonds is 6. The van der Waals surface area contributed by atoms with Crippen LogP contribution in [0, 0.1) is 0 Å². The predicted octanol–water partition coefficient (Wildman–Crippen LogP) is 1.93. The average molecular weight is 351 g/mol. The topological polar surface area (TPSA) is 54.0 Å². The number of hydrogen-bond acceptors (Lipinski definition) is 5. The van der Waals surface area contributed by atoms with Gasteiger partial charge in [-0.25, -0.2) is 8.78 Å². The number of alkyl halides is 2. The molecule has 0 radical (unpaired) electrons. The number of hydrogen-bond donors (Lipinski definition) is 2. The van der Waals surface area contributed by atoms with Crippen LogP contribution in [0.15, 0.2) is 12.1 Å². The molecule has 1 aromatic rings. The molecule has 1 heterocycles. The number of aliphatic hydroxyl groups excluding tert-OH is 1. The highest BCUT2D eigenvalue weighted by Gasteiger charge is 2.45. The summed E-state index contributed by atoms with van der Waals surface area (Å²) in [5, 5.41) is 12.4. The molecule has 0 aromatic heterocycles. The second kappa shape index (κ2) is 7.61. The fourth-order valence-electron chi connectivity index (χ4n) is 2.83. The van der Waals surface area contributed by atoms with Crippen LogP contribution in [0.5, 0.6) is 11.5 Å². The molecular formula is C15H21ClF2N2O3. The van der Waals surface area contributed by atoms with Crippen molar-refractivity contribution in [2.75, 3.05) is 47.0 Å². The summed E-state index contributed by atoms with van der Waals surface area (Å²) in [5.41, 5.74) is 0.213. The summed E-state index contributed by atoms with van der Waals surface area (Å²) in [7, 11) is 2.85. The molecule has 1 aliphatic heterocycles. The highest BCUT2D eigenvalue weighted by atomic mass is 35.5. The number of nitrogens with zero attached hydrogens (tertiary/aromatic N) is 1. The number of nitrogens with one attached hydrogen (secondary N) is 1. The quantitative estimate of drug-likeness (QED) is 0.821. The molecule has 0 unspecified atom stereocenters. The number of piperazine rings is 1. The van der Waals surface area contributed by atoms with Gasteiger partial charge in [0.25, 0.3) is 5.92 Å². The van der Waals surface area contributed by atoms with Crippen LogP contribution in [0.3, 0.4) is 0 Å². The van der Waals surface area contributed by atoms with Crippen LogP contribution in [-0.4, -0.2) is 62.9 Å². The molecule has 2 N–H and O–H groups in total. The third-order valence-electron chi connectivity index (χ3n) is 3.94. The fraction of sp³-hybridized carbons (Fsp3) is 0.600.